The number of hydrogen-bond acceptors (Lipinski definition) is 6. The summed E-state index contributed by atoms with van der Waals surface area (Å²) in [5, 5.41) is 14.1. The average Bonchev–Trinajstić information content (AvgIpc) is 2.68. The monoisotopic (exact) mass is 375 g/mol. The Morgan fingerprint density at radius 1 is 1.07 bits per heavy atom. The van der Waals surface area contributed by atoms with Crippen molar-refractivity contribution >= 4 is 17.7 Å². The van der Waals surface area contributed by atoms with Crippen LogP contribution in [0.25, 0.3) is 0 Å². The van der Waals surface area contributed by atoms with Gasteiger partial charge in [0.05, 0.1) is 24.4 Å². The lowest BCUT2D eigenvalue weighted by Gasteiger charge is -2.11. The van der Waals surface area contributed by atoms with E-state index in [9.17, 15) is 4.79 Å². The van der Waals surface area contributed by atoms with Crippen LogP contribution in [0.15, 0.2) is 54.6 Å². The van der Waals surface area contributed by atoms with Crippen molar-refractivity contribution in [3.63, 3.8) is 0 Å². The van der Waals surface area contributed by atoms with E-state index < -0.39 is 6.03 Å². The van der Waals surface area contributed by atoms with Gasteiger partial charge >= 0.3 is 6.03 Å². The molecule has 1 heterocycles. The van der Waals surface area contributed by atoms with Gasteiger partial charge in [-0.05, 0) is 43.3 Å². The highest BCUT2D eigenvalue weighted by Gasteiger charge is 2.10. The first-order valence-corrected chi connectivity index (χ1v) is 8.32. The molecule has 2 amide bonds. The third-order valence-corrected chi connectivity index (χ3v) is 3.62. The van der Waals surface area contributed by atoms with E-state index in [1.54, 1.807) is 61.5 Å². The van der Waals surface area contributed by atoms with Gasteiger partial charge in [-0.3, -0.25) is 5.32 Å². The maximum absolute atomic E-state index is 12.3. The number of nitriles is 1. The minimum atomic E-state index is -0.514. The van der Waals surface area contributed by atoms with Crippen molar-refractivity contribution in [2.45, 2.75) is 6.92 Å². The molecule has 0 saturated heterocycles. The van der Waals surface area contributed by atoms with Gasteiger partial charge in [0.15, 0.2) is 0 Å². The molecule has 0 aliphatic heterocycles. The molecule has 0 aliphatic carbocycles. The lowest BCUT2D eigenvalue weighted by molar-refractivity contribution is 0.262. The highest BCUT2D eigenvalue weighted by atomic mass is 16.5. The number of nitrogens with zero attached hydrogens (tertiary/aromatic N) is 3. The molecule has 0 fully saturated rings. The van der Waals surface area contributed by atoms with Crippen LogP contribution in [0.5, 0.6) is 17.4 Å². The van der Waals surface area contributed by atoms with Crippen LogP contribution in [0.3, 0.4) is 0 Å². The number of amides is 2. The highest BCUT2D eigenvalue weighted by molar-refractivity contribution is 5.99. The van der Waals surface area contributed by atoms with Crippen LogP contribution in [-0.4, -0.2) is 23.1 Å². The molecule has 8 heteroatoms. The van der Waals surface area contributed by atoms with Gasteiger partial charge in [-0.2, -0.15) is 10.2 Å². The number of urea groups is 1. The molecular formula is C20H17N5O3. The molecule has 0 bridgehead atoms. The predicted octanol–water partition coefficient (Wildman–Crippen LogP) is 4.10. The first kappa shape index (κ1) is 18.7. The van der Waals surface area contributed by atoms with E-state index in [0.29, 0.717) is 28.4 Å². The van der Waals surface area contributed by atoms with E-state index in [1.165, 1.54) is 7.11 Å². The summed E-state index contributed by atoms with van der Waals surface area (Å²) in [7, 11) is 1.52. The van der Waals surface area contributed by atoms with E-state index >= 15 is 0 Å². The molecule has 0 aliphatic rings. The number of aromatic nitrogens is 2. The molecule has 3 rings (SSSR count). The zero-order valence-electron chi connectivity index (χ0n) is 15.3. The Kier molecular flexibility index (Phi) is 5.67. The summed E-state index contributed by atoms with van der Waals surface area (Å²) >= 11 is 0. The third-order valence-electron chi connectivity index (χ3n) is 3.62. The molecular weight excluding hydrogens is 358 g/mol. The van der Waals surface area contributed by atoms with Crippen LogP contribution in [0, 0.1) is 18.3 Å². The summed E-state index contributed by atoms with van der Waals surface area (Å²) < 4.78 is 10.9. The molecule has 140 valence electrons. The van der Waals surface area contributed by atoms with Crippen LogP contribution in [0.1, 0.15) is 11.3 Å². The Hall–Kier alpha value is -4.12. The zero-order valence-corrected chi connectivity index (χ0v) is 15.3. The molecule has 0 saturated carbocycles. The Morgan fingerprint density at radius 2 is 1.82 bits per heavy atom. The van der Waals surface area contributed by atoms with Crippen LogP contribution in [0.4, 0.5) is 16.4 Å². The van der Waals surface area contributed by atoms with Crippen molar-refractivity contribution in [1.29, 1.82) is 5.26 Å². The van der Waals surface area contributed by atoms with Crippen molar-refractivity contribution < 1.29 is 14.3 Å². The molecule has 0 atom stereocenters. The van der Waals surface area contributed by atoms with Crippen molar-refractivity contribution in [2.75, 3.05) is 17.7 Å². The molecule has 0 radical (unpaired) electrons. The molecule has 2 N–H and O–H groups in total. The SMILES string of the molecule is COc1ccccc1NC(=O)Nc1nc(C)cc(Oc2ccc(C#N)cc2)n1. The average molecular weight is 375 g/mol. The number of nitrogens with one attached hydrogen (secondary N) is 2. The third kappa shape index (κ3) is 4.74. The van der Waals surface area contributed by atoms with Crippen LogP contribution in [0.2, 0.25) is 0 Å². The van der Waals surface area contributed by atoms with Crippen molar-refractivity contribution in [2.24, 2.45) is 0 Å². The minimum absolute atomic E-state index is 0.0936. The quantitative estimate of drug-likeness (QED) is 0.695. The first-order valence-electron chi connectivity index (χ1n) is 8.32. The molecule has 2 aromatic carbocycles. The number of carbonyl (C=O) groups is 1. The molecule has 1 aromatic heterocycles. The summed E-state index contributed by atoms with van der Waals surface area (Å²) in [6.07, 6.45) is 0. The van der Waals surface area contributed by atoms with Gasteiger partial charge in [-0.15, -0.1) is 0 Å². The summed E-state index contributed by atoms with van der Waals surface area (Å²) in [5.41, 5.74) is 1.66. The Morgan fingerprint density at radius 3 is 2.54 bits per heavy atom. The van der Waals surface area contributed by atoms with E-state index in [0.717, 1.165) is 0 Å². The number of anilines is 2. The number of carbonyl (C=O) groups excluding carboxylic acids is 1. The standard InChI is InChI=1S/C20H17N5O3/c1-13-11-18(28-15-9-7-14(12-21)8-10-15)24-19(22-13)25-20(26)23-16-5-3-4-6-17(16)27-2/h3-11H,1-2H3,(H2,22,23,24,25,26). The van der Waals surface area contributed by atoms with E-state index in [4.69, 9.17) is 14.7 Å². The number of hydrogen-bond donors (Lipinski definition) is 2. The molecule has 28 heavy (non-hydrogen) atoms. The second-order valence-electron chi connectivity index (χ2n) is 5.69. The van der Waals surface area contributed by atoms with Crippen molar-refractivity contribution in [3.05, 3.63) is 65.9 Å². The van der Waals surface area contributed by atoms with Gasteiger partial charge < -0.3 is 14.8 Å². The van der Waals surface area contributed by atoms with Crippen molar-refractivity contribution in [1.82, 2.24) is 9.97 Å². The Labute approximate surface area is 161 Å². The number of methoxy groups -OCH3 is 1. The van der Waals surface area contributed by atoms with Gasteiger partial charge in [0, 0.05) is 11.8 Å². The van der Waals surface area contributed by atoms with E-state index in [1.807, 2.05) is 6.07 Å². The maximum atomic E-state index is 12.3. The highest BCUT2D eigenvalue weighted by Crippen LogP contribution is 2.24. The summed E-state index contributed by atoms with van der Waals surface area (Å²) in [6.45, 7) is 1.76. The lowest BCUT2D eigenvalue weighted by atomic mass is 10.2. The predicted molar refractivity (Wildman–Crippen MR) is 104 cm³/mol. The number of rotatable bonds is 5. The van der Waals surface area contributed by atoms with E-state index in [-0.39, 0.29) is 11.8 Å². The normalized spacial score (nSPS) is 9.89. The van der Waals surface area contributed by atoms with Gasteiger partial charge in [0.1, 0.15) is 11.5 Å². The Balaban J connectivity index is 1.72. The first-order chi connectivity index (χ1) is 13.6. The largest absolute Gasteiger partial charge is 0.495 e. The summed E-state index contributed by atoms with van der Waals surface area (Å²) in [4.78, 5) is 20.7. The fourth-order valence-electron chi connectivity index (χ4n) is 2.37. The summed E-state index contributed by atoms with van der Waals surface area (Å²) in [5.74, 6) is 1.41. The maximum Gasteiger partial charge on any atom is 0.326 e. The Bertz CT molecular complexity index is 1030. The topological polar surface area (TPSA) is 109 Å². The van der Waals surface area contributed by atoms with Gasteiger partial charge in [-0.25, -0.2) is 9.78 Å². The van der Waals surface area contributed by atoms with Gasteiger partial charge in [0.2, 0.25) is 11.8 Å². The second-order valence-corrected chi connectivity index (χ2v) is 5.69. The molecule has 8 nitrogen and oxygen atoms in total. The molecule has 0 spiro atoms. The van der Waals surface area contributed by atoms with Crippen LogP contribution in [-0.2, 0) is 0 Å². The smallest absolute Gasteiger partial charge is 0.326 e. The zero-order chi connectivity index (χ0) is 19.9. The minimum Gasteiger partial charge on any atom is -0.495 e. The number of para-hydroxylation sites is 2. The number of aryl methyl sites for hydroxylation is 1. The second kappa shape index (κ2) is 8.51. The fourth-order valence-corrected chi connectivity index (χ4v) is 2.37. The van der Waals surface area contributed by atoms with Gasteiger partial charge in [-0.1, -0.05) is 12.1 Å². The van der Waals surface area contributed by atoms with Gasteiger partial charge in [0.25, 0.3) is 0 Å². The molecule has 0 unspecified atom stereocenters. The van der Waals surface area contributed by atoms with Crippen LogP contribution >= 0.6 is 0 Å². The van der Waals surface area contributed by atoms with Crippen LogP contribution < -0.4 is 20.1 Å². The van der Waals surface area contributed by atoms with E-state index in [2.05, 4.69) is 20.6 Å². The summed E-state index contributed by atoms with van der Waals surface area (Å²) in [6, 6.07) is 16.8. The molecule has 3 aromatic rings. The lowest BCUT2D eigenvalue weighted by Crippen LogP contribution is -2.21. The number of ether oxygens (including phenoxy) is 2. The number of benzene rings is 2. The fraction of sp³-hybridized carbons (Fsp3) is 0.100. The van der Waals surface area contributed by atoms with Crippen molar-refractivity contribution in [3.8, 4) is 23.4 Å².